The standard InChI is InChI=1S/C21H27N5O2/c1-25-15-23-18(24-25)9-12-22-19(27)13-21(10-5-2-6-11-21)26-14-16-7-3-4-8-17(16)20(26)28/h3-4,7-8,15H,2,5-6,9-14H2,1H3,(H,22,27). The van der Waals surface area contributed by atoms with Crippen molar-refractivity contribution in [3.63, 3.8) is 0 Å². The predicted molar refractivity (Wildman–Crippen MR) is 104 cm³/mol. The van der Waals surface area contributed by atoms with Crippen molar-refractivity contribution in [3.8, 4) is 0 Å². The van der Waals surface area contributed by atoms with Crippen LogP contribution in [0.25, 0.3) is 0 Å². The first kappa shape index (κ1) is 18.7. The molecule has 2 aromatic rings. The molecule has 1 aliphatic carbocycles. The quantitative estimate of drug-likeness (QED) is 0.832. The lowest BCUT2D eigenvalue weighted by molar-refractivity contribution is -0.124. The van der Waals surface area contributed by atoms with Gasteiger partial charge in [-0.05, 0) is 24.5 Å². The average molecular weight is 381 g/mol. The molecule has 0 atom stereocenters. The van der Waals surface area contributed by atoms with Crippen molar-refractivity contribution in [1.82, 2.24) is 25.0 Å². The van der Waals surface area contributed by atoms with Crippen molar-refractivity contribution < 1.29 is 9.59 Å². The zero-order valence-electron chi connectivity index (χ0n) is 16.4. The molecule has 1 fully saturated rings. The fourth-order valence-corrected chi connectivity index (χ4v) is 4.56. The van der Waals surface area contributed by atoms with E-state index in [1.165, 1.54) is 6.42 Å². The number of aromatic nitrogens is 3. The number of carbonyl (C=O) groups is 2. The Labute approximate surface area is 165 Å². The van der Waals surface area contributed by atoms with E-state index >= 15 is 0 Å². The van der Waals surface area contributed by atoms with Gasteiger partial charge in [0, 0.05) is 38.5 Å². The summed E-state index contributed by atoms with van der Waals surface area (Å²) in [5.74, 6) is 0.796. The number of aryl methyl sites for hydroxylation is 1. The molecule has 4 rings (SSSR count). The third-order valence-corrected chi connectivity index (χ3v) is 5.99. The van der Waals surface area contributed by atoms with Gasteiger partial charge in [-0.25, -0.2) is 4.98 Å². The van der Waals surface area contributed by atoms with E-state index < -0.39 is 0 Å². The van der Waals surface area contributed by atoms with Crippen molar-refractivity contribution in [3.05, 3.63) is 47.5 Å². The van der Waals surface area contributed by atoms with Crippen LogP contribution in [0.3, 0.4) is 0 Å². The maximum absolute atomic E-state index is 13.1. The van der Waals surface area contributed by atoms with Crippen LogP contribution in [0.2, 0.25) is 0 Å². The SMILES string of the molecule is Cn1cnc(CCNC(=O)CC2(N3Cc4ccccc4C3=O)CCCCC2)n1. The molecule has 0 radical (unpaired) electrons. The van der Waals surface area contributed by atoms with E-state index in [9.17, 15) is 9.59 Å². The molecule has 0 saturated heterocycles. The molecular weight excluding hydrogens is 354 g/mol. The van der Waals surface area contributed by atoms with Crippen molar-refractivity contribution in [1.29, 1.82) is 0 Å². The van der Waals surface area contributed by atoms with Gasteiger partial charge in [-0.2, -0.15) is 5.10 Å². The van der Waals surface area contributed by atoms with Crippen LogP contribution < -0.4 is 5.32 Å². The minimum atomic E-state index is -0.373. The highest BCUT2D eigenvalue weighted by Gasteiger charge is 2.45. The number of carbonyl (C=O) groups excluding carboxylic acids is 2. The van der Waals surface area contributed by atoms with Gasteiger partial charge in [-0.1, -0.05) is 37.5 Å². The number of fused-ring (bicyclic) bond motifs is 1. The fraction of sp³-hybridized carbons (Fsp3) is 0.524. The number of amides is 2. The Morgan fingerprint density at radius 2 is 2.00 bits per heavy atom. The Kier molecular flexibility index (Phi) is 5.15. The first-order valence-electron chi connectivity index (χ1n) is 10.1. The van der Waals surface area contributed by atoms with Crippen LogP contribution in [-0.2, 0) is 24.8 Å². The van der Waals surface area contributed by atoms with Gasteiger partial charge in [-0.15, -0.1) is 0 Å². The Morgan fingerprint density at radius 3 is 2.71 bits per heavy atom. The molecule has 2 amide bonds. The minimum absolute atomic E-state index is 0.00147. The number of benzene rings is 1. The largest absolute Gasteiger partial charge is 0.356 e. The fourth-order valence-electron chi connectivity index (χ4n) is 4.56. The van der Waals surface area contributed by atoms with E-state index in [4.69, 9.17) is 0 Å². The van der Waals surface area contributed by atoms with Crippen LogP contribution >= 0.6 is 0 Å². The highest BCUT2D eigenvalue weighted by molar-refractivity contribution is 5.99. The van der Waals surface area contributed by atoms with Crippen LogP contribution in [-0.4, -0.2) is 43.6 Å². The summed E-state index contributed by atoms with van der Waals surface area (Å²) in [7, 11) is 1.83. The van der Waals surface area contributed by atoms with E-state index in [-0.39, 0.29) is 17.4 Å². The second-order valence-electron chi connectivity index (χ2n) is 7.94. The molecule has 0 bridgehead atoms. The van der Waals surface area contributed by atoms with Gasteiger partial charge in [0.15, 0.2) is 5.82 Å². The second kappa shape index (κ2) is 7.73. The summed E-state index contributed by atoms with van der Waals surface area (Å²) in [4.78, 5) is 32.0. The summed E-state index contributed by atoms with van der Waals surface area (Å²) < 4.78 is 1.66. The maximum Gasteiger partial charge on any atom is 0.254 e. The number of hydrogen-bond donors (Lipinski definition) is 1. The van der Waals surface area contributed by atoms with E-state index in [1.54, 1.807) is 11.0 Å². The minimum Gasteiger partial charge on any atom is -0.356 e. The third-order valence-electron chi connectivity index (χ3n) is 5.99. The van der Waals surface area contributed by atoms with Crippen molar-refractivity contribution >= 4 is 11.8 Å². The van der Waals surface area contributed by atoms with Gasteiger partial charge in [-0.3, -0.25) is 14.3 Å². The Morgan fingerprint density at radius 1 is 1.21 bits per heavy atom. The van der Waals surface area contributed by atoms with Gasteiger partial charge < -0.3 is 10.2 Å². The average Bonchev–Trinajstić information content (AvgIpc) is 3.26. The molecule has 1 saturated carbocycles. The summed E-state index contributed by atoms with van der Waals surface area (Å²) in [6, 6.07) is 7.80. The van der Waals surface area contributed by atoms with Crippen molar-refractivity contribution in [2.75, 3.05) is 6.54 Å². The van der Waals surface area contributed by atoms with Gasteiger partial charge in [0.25, 0.3) is 5.91 Å². The highest BCUT2D eigenvalue weighted by Crippen LogP contribution is 2.41. The second-order valence-corrected chi connectivity index (χ2v) is 7.94. The van der Waals surface area contributed by atoms with Crippen molar-refractivity contribution in [2.24, 2.45) is 7.05 Å². The molecule has 7 nitrogen and oxygen atoms in total. The Balaban J connectivity index is 1.43. The number of nitrogens with zero attached hydrogens (tertiary/aromatic N) is 4. The number of rotatable bonds is 6. The molecule has 0 spiro atoms. The van der Waals surface area contributed by atoms with Crippen LogP contribution in [0.15, 0.2) is 30.6 Å². The van der Waals surface area contributed by atoms with Crippen LogP contribution in [0.5, 0.6) is 0 Å². The monoisotopic (exact) mass is 381 g/mol. The molecule has 7 heteroatoms. The van der Waals surface area contributed by atoms with E-state index in [1.807, 2.05) is 36.2 Å². The molecule has 1 aromatic heterocycles. The first-order chi connectivity index (χ1) is 13.6. The molecule has 28 heavy (non-hydrogen) atoms. The number of nitrogens with one attached hydrogen (secondary N) is 1. The zero-order chi connectivity index (χ0) is 19.6. The molecule has 2 heterocycles. The summed E-state index contributed by atoms with van der Waals surface area (Å²) in [5.41, 5.74) is 1.48. The zero-order valence-corrected chi connectivity index (χ0v) is 16.4. The van der Waals surface area contributed by atoms with Gasteiger partial charge >= 0.3 is 0 Å². The highest BCUT2D eigenvalue weighted by atomic mass is 16.2. The number of hydrogen-bond acceptors (Lipinski definition) is 4. The van der Waals surface area contributed by atoms with Gasteiger partial charge in [0.2, 0.25) is 5.91 Å². The summed E-state index contributed by atoms with van der Waals surface area (Å²) >= 11 is 0. The third kappa shape index (κ3) is 3.66. The van der Waals surface area contributed by atoms with Gasteiger partial charge in [0.05, 0.1) is 5.54 Å². The summed E-state index contributed by atoms with van der Waals surface area (Å²) in [6.07, 6.45) is 7.70. The van der Waals surface area contributed by atoms with Crippen LogP contribution in [0.1, 0.15) is 60.3 Å². The van der Waals surface area contributed by atoms with Crippen molar-refractivity contribution in [2.45, 2.75) is 57.0 Å². The smallest absolute Gasteiger partial charge is 0.254 e. The molecular formula is C21H27N5O2. The normalized spacial score (nSPS) is 18.2. The Bertz CT molecular complexity index is 869. The molecule has 148 valence electrons. The van der Waals surface area contributed by atoms with Crippen LogP contribution in [0.4, 0.5) is 0 Å². The lowest BCUT2D eigenvalue weighted by Gasteiger charge is -2.44. The van der Waals surface area contributed by atoms with E-state index in [0.717, 1.165) is 42.6 Å². The van der Waals surface area contributed by atoms with Gasteiger partial charge in [0.1, 0.15) is 6.33 Å². The molecule has 1 aromatic carbocycles. The topological polar surface area (TPSA) is 80.1 Å². The molecule has 0 unspecified atom stereocenters. The van der Waals surface area contributed by atoms with E-state index in [0.29, 0.717) is 25.9 Å². The lowest BCUT2D eigenvalue weighted by atomic mass is 9.77. The summed E-state index contributed by atoms with van der Waals surface area (Å²) in [5, 5.41) is 7.24. The molecule has 2 aliphatic rings. The molecule has 1 aliphatic heterocycles. The maximum atomic E-state index is 13.1. The first-order valence-corrected chi connectivity index (χ1v) is 10.1. The Hall–Kier alpha value is -2.70. The van der Waals surface area contributed by atoms with E-state index in [2.05, 4.69) is 15.4 Å². The summed E-state index contributed by atoms with van der Waals surface area (Å²) in [6.45, 7) is 1.12. The lowest BCUT2D eigenvalue weighted by Crippen LogP contribution is -2.52. The van der Waals surface area contributed by atoms with Crippen LogP contribution in [0, 0.1) is 0 Å². The predicted octanol–water partition coefficient (Wildman–Crippen LogP) is 2.22. The molecule has 1 N–H and O–H groups in total.